The van der Waals surface area contributed by atoms with Crippen molar-refractivity contribution < 1.29 is 48.8 Å². The Balaban J connectivity index is 2.30. The molecule has 0 aliphatic heterocycles. The van der Waals surface area contributed by atoms with Crippen LogP contribution in [0.25, 0.3) is 5.69 Å². The Morgan fingerprint density at radius 2 is 1.82 bits per heavy atom. The van der Waals surface area contributed by atoms with E-state index in [1.54, 1.807) is 0 Å². The molecule has 0 aliphatic carbocycles. The summed E-state index contributed by atoms with van der Waals surface area (Å²) in [5.74, 6) is -4.90. The summed E-state index contributed by atoms with van der Waals surface area (Å²) >= 11 is 5.39. The fraction of sp³-hybridized carbons (Fsp3) is 0.158. The van der Waals surface area contributed by atoms with Gasteiger partial charge >= 0.3 is 24.1 Å². The number of anilines is 1. The molecule has 0 aliphatic rings. The number of alkyl halides is 6. The molecule has 0 atom stereocenters. The maximum atomic E-state index is 14.5. The zero-order valence-electron chi connectivity index (χ0n) is 19.0. The highest BCUT2D eigenvalue weighted by Crippen LogP contribution is 2.44. The van der Waals surface area contributed by atoms with Crippen LogP contribution in [0.15, 0.2) is 41.5 Å². The number of carbonyl (C=O) groups excluding carboxylic acids is 1. The quantitative estimate of drug-likeness (QED) is 0.354. The van der Waals surface area contributed by atoms with Crippen molar-refractivity contribution in [1.29, 1.82) is 0 Å². The number of hydrogen-bond acceptors (Lipinski definition) is 3. The lowest BCUT2D eigenvalue weighted by Crippen LogP contribution is -2.32. The van der Waals surface area contributed by atoms with Crippen molar-refractivity contribution >= 4 is 23.4 Å². The zero-order valence-corrected chi connectivity index (χ0v) is 16.7. The van der Waals surface area contributed by atoms with E-state index in [4.69, 9.17) is 15.7 Å². The lowest BCUT2D eigenvalue weighted by molar-refractivity contribution is -0.143. The largest absolute Gasteiger partial charge is 0.420 e. The Labute approximate surface area is 193 Å². The molecule has 3 rings (SSSR count). The number of nitrogens with one attached hydrogen (secondary N) is 1. The number of aromatic amines is 1. The van der Waals surface area contributed by atoms with E-state index in [9.17, 15) is 44.7 Å². The topological polar surface area (TPSA) is 67.3 Å². The summed E-state index contributed by atoms with van der Waals surface area (Å²) in [6.07, 6.45) is -11.7. The van der Waals surface area contributed by atoms with Gasteiger partial charge in [0, 0.05) is 23.5 Å². The van der Waals surface area contributed by atoms with Gasteiger partial charge in [-0.05, 0) is 24.3 Å². The maximum Gasteiger partial charge on any atom is 0.420 e. The van der Waals surface area contributed by atoms with Gasteiger partial charge in [-0.1, -0.05) is 11.6 Å². The van der Waals surface area contributed by atoms with Gasteiger partial charge in [-0.25, -0.2) is 18.4 Å². The van der Waals surface area contributed by atoms with Crippen molar-refractivity contribution in [2.45, 2.75) is 12.4 Å². The monoisotopic (exact) mass is 518 g/mol. The molecule has 0 fully saturated rings. The zero-order chi connectivity index (χ0) is 28.1. The van der Waals surface area contributed by atoms with E-state index >= 15 is 0 Å². The fourth-order valence-corrected chi connectivity index (χ4v) is 2.86. The van der Waals surface area contributed by atoms with Crippen LogP contribution in [0.2, 0.25) is 5.02 Å². The number of aromatic nitrogens is 2. The Morgan fingerprint density at radius 3 is 2.35 bits per heavy atom. The Bertz CT molecular complexity index is 1420. The summed E-state index contributed by atoms with van der Waals surface area (Å²) in [4.78, 5) is 26.3. The fourth-order valence-electron chi connectivity index (χ4n) is 2.70. The summed E-state index contributed by atoms with van der Waals surface area (Å²) in [6.45, 7) is -3.69. The van der Waals surface area contributed by atoms with E-state index in [0.717, 1.165) is 6.20 Å². The summed E-state index contributed by atoms with van der Waals surface area (Å²) in [6, 6.07) is 0.469. The predicted molar refractivity (Wildman–Crippen MR) is 102 cm³/mol. The third kappa shape index (κ3) is 4.71. The standard InChI is InChI=1S/C19H10ClF8N3O3/c1-30(11-3-2-10(21)13(20)14(11)22)17(33)34-15-9(19(26,27)28)6-8(18(23,24)25)7-12(15)31-5-4-29-16(31)32/h2-7H,1H3,(H,29,32)/i1D3. The van der Waals surface area contributed by atoms with E-state index in [2.05, 4.69) is 4.74 Å². The normalized spacial score (nSPS) is 13.7. The second-order valence-corrected chi connectivity index (χ2v) is 6.78. The smallest absolute Gasteiger partial charge is 0.407 e. The number of ether oxygens (including phenoxy) is 1. The van der Waals surface area contributed by atoms with Gasteiger partial charge < -0.3 is 9.72 Å². The minimum Gasteiger partial charge on any atom is -0.407 e. The maximum absolute atomic E-state index is 14.5. The van der Waals surface area contributed by atoms with Crippen LogP contribution in [-0.2, 0) is 12.4 Å². The Hall–Kier alpha value is -3.55. The Morgan fingerprint density at radius 1 is 1.15 bits per heavy atom. The van der Waals surface area contributed by atoms with Crippen molar-refractivity contribution in [3.8, 4) is 11.4 Å². The third-order valence-corrected chi connectivity index (χ3v) is 4.58. The van der Waals surface area contributed by atoms with Gasteiger partial charge in [0.25, 0.3) is 0 Å². The van der Waals surface area contributed by atoms with Crippen LogP contribution in [-0.4, -0.2) is 22.6 Å². The number of halogens is 9. The predicted octanol–water partition coefficient (Wildman–Crippen LogP) is 5.77. The number of carbonyl (C=O) groups is 1. The SMILES string of the molecule is [2H]C([2H])([2H])N(C(=O)Oc1c(-n2cc[nH]c2=O)cc(C(F)(F)F)cc1C(F)(F)F)c1ccc(F)c(Cl)c1F. The minimum absolute atomic E-state index is 0.0438. The van der Waals surface area contributed by atoms with Crippen molar-refractivity contribution in [1.82, 2.24) is 9.55 Å². The molecule has 1 N–H and O–H groups in total. The summed E-state index contributed by atoms with van der Waals surface area (Å²) < 4.78 is 137. The summed E-state index contributed by atoms with van der Waals surface area (Å²) in [5, 5.41) is -1.27. The van der Waals surface area contributed by atoms with Gasteiger partial charge in [-0.2, -0.15) is 26.3 Å². The molecule has 34 heavy (non-hydrogen) atoms. The van der Waals surface area contributed by atoms with Gasteiger partial charge in [0.1, 0.15) is 16.4 Å². The van der Waals surface area contributed by atoms with E-state index in [0.29, 0.717) is 18.3 Å². The van der Waals surface area contributed by atoms with Crippen molar-refractivity contribution in [2.75, 3.05) is 11.9 Å². The van der Waals surface area contributed by atoms with Crippen LogP contribution in [0.4, 0.5) is 45.6 Å². The van der Waals surface area contributed by atoms with Gasteiger partial charge in [-0.3, -0.25) is 9.47 Å². The highest BCUT2D eigenvalue weighted by molar-refractivity contribution is 6.31. The molecule has 0 saturated carbocycles. The average Bonchev–Trinajstić information content (AvgIpc) is 3.17. The summed E-state index contributed by atoms with van der Waals surface area (Å²) in [7, 11) is 0. The molecule has 3 aromatic rings. The number of amides is 1. The first kappa shape index (κ1) is 21.0. The molecular weight excluding hydrogens is 506 g/mol. The third-order valence-electron chi connectivity index (χ3n) is 4.24. The van der Waals surface area contributed by atoms with Crippen LogP contribution in [0.3, 0.4) is 0 Å². The number of rotatable bonds is 3. The van der Waals surface area contributed by atoms with Gasteiger partial charge in [0.2, 0.25) is 0 Å². The molecule has 1 aromatic heterocycles. The van der Waals surface area contributed by atoms with Crippen LogP contribution in [0.5, 0.6) is 5.75 Å². The van der Waals surface area contributed by atoms with Crippen LogP contribution < -0.4 is 15.3 Å². The second-order valence-electron chi connectivity index (χ2n) is 6.40. The molecule has 0 radical (unpaired) electrons. The lowest BCUT2D eigenvalue weighted by atomic mass is 10.1. The molecule has 182 valence electrons. The molecule has 1 heterocycles. The number of benzene rings is 2. The highest BCUT2D eigenvalue weighted by Gasteiger charge is 2.42. The average molecular weight is 519 g/mol. The van der Waals surface area contributed by atoms with Crippen LogP contribution in [0, 0.1) is 11.6 Å². The first-order valence-electron chi connectivity index (χ1n) is 10.1. The van der Waals surface area contributed by atoms with Crippen LogP contribution >= 0.6 is 11.6 Å². The van der Waals surface area contributed by atoms with Crippen molar-refractivity contribution in [2.24, 2.45) is 0 Å². The molecule has 1 amide bonds. The molecule has 0 unspecified atom stereocenters. The van der Waals surface area contributed by atoms with Gasteiger partial charge in [-0.15, -0.1) is 0 Å². The Kier molecular flexibility index (Phi) is 5.36. The first-order chi connectivity index (χ1) is 16.8. The molecule has 2 aromatic carbocycles. The number of imidazole rings is 1. The summed E-state index contributed by atoms with van der Waals surface area (Å²) in [5.41, 5.74) is -7.88. The van der Waals surface area contributed by atoms with Gasteiger partial charge in [0.05, 0.1) is 16.9 Å². The molecule has 0 saturated heterocycles. The second kappa shape index (κ2) is 8.66. The van der Waals surface area contributed by atoms with Gasteiger partial charge in [0.15, 0.2) is 11.6 Å². The van der Waals surface area contributed by atoms with E-state index in [-0.39, 0.29) is 10.6 Å². The highest BCUT2D eigenvalue weighted by atomic mass is 35.5. The van der Waals surface area contributed by atoms with Crippen molar-refractivity contribution in [3.05, 3.63) is 74.9 Å². The van der Waals surface area contributed by atoms with E-state index in [1.807, 2.05) is 4.98 Å². The number of H-pyrrole nitrogens is 1. The van der Waals surface area contributed by atoms with E-state index in [1.165, 1.54) is 0 Å². The number of hydrogen-bond donors (Lipinski definition) is 1. The molecular formula is C19H10ClF8N3O3. The lowest BCUT2D eigenvalue weighted by Gasteiger charge is -2.22. The molecule has 15 heteroatoms. The van der Waals surface area contributed by atoms with E-state index < -0.39 is 87.0 Å². The molecule has 0 bridgehead atoms. The van der Waals surface area contributed by atoms with Crippen molar-refractivity contribution in [3.63, 3.8) is 0 Å². The van der Waals surface area contributed by atoms with Crippen LogP contribution in [0.1, 0.15) is 15.2 Å². The number of nitrogens with zero attached hydrogens (tertiary/aromatic N) is 2. The molecule has 6 nitrogen and oxygen atoms in total. The first-order valence-corrected chi connectivity index (χ1v) is 8.96. The molecule has 0 spiro atoms. The minimum atomic E-state index is -5.64.